The average Bonchev–Trinajstić information content (AvgIpc) is 2.21. The number of ether oxygens (including phenoxy) is 1. The molecule has 0 fully saturated rings. The second-order valence-corrected chi connectivity index (χ2v) is 6.24. The van der Waals surface area contributed by atoms with Gasteiger partial charge in [0.2, 0.25) is 0 Å². The molecule has 0 aliphatic carbocycles. The lowest BCUT2D eigenvalue weighted by Crippen LogP contribution is -2.46. The minimum Gasteiger partial charge on any atom is -0.480 e. The Morgan fingerprint density at radius 1 is 1.44 bits per heavy atom. The van der Waals surface area contributed by atoms with E-state index in [2.05, 4.69) is 10.1 Å². The van der Waals surface area contributed by atoms with Gasteiger partial charge >= 0.3 is 12.1 Å². The number of alkyl carbamates (subject to hydrolysis) is 1. The van der Waals surface area contributed by atoms with Gasteiger partial charge in [-0.2, -0.15) is 0 Å². The van der Waals surface area contributed by atoms with Gasteiger partial charge in [-0.05, 0) is 13.1 Å². The molecular formula is C9H19NO5Si. The van der Waals surface area contributed by atoms with Crippen LogP contribution in [0.2, 0.25) is 13.1 Å². The third kappa shape index (κ3) is 5.71. The summed E-state index contributed by atoms with van der Waals surface area (Å²) in [6.45, 7) is 6.03. The molecule has 16 heavy (non-hydrogen) atoms. The van der Waals surface area contributed by atoms with Crippen molar-refractivity contribution >= 4 is 21.1 Å². The minimum atomic E-state index is -1.18. The molecule has 0 saturated heterocycles. The summed E-state index contributed by atoms with van der Waals surface area (Å²) in [6.07, 6.45) is -0.749. The van der Waals surface area contributed by atoms with Crippen LogP contribution in [0.1, 0.15) is 6.92 Å². The van der Waals surface area contributed by atoms with Crippen LogP contribution in [0.15, 0.2) is 0 Å². The Morgan fingerprint density at radius 2 is 2.00 bits per heavy atom. The van der Waals surface area contributed by atoms with Gasteiger partial charge in [0.1, 0.15) is 6.04 Å². The highest BCUT2D eigenvalue weighted by molar-refractivity contribution is 6.48. The van der Waals surface area contributed by atoms with Crippen LogP contribution in [0.5, 0.6) is 0 Å². The topological polar surface area (TPSA) is 84.9 Å². The van der Waals surface area contributed by atoms with Gasteiger partial charge in [-0.1, -0.05) is 6.92 Å². The molecular weight excluding hydrogens is 230 g/mol. The molecule has 0 aromatic heterocycles. The fraction of sp³-hybridized carbons (Fsp3) is 0.778. The van der Waals surface area contributed by atoms with E-state index >= 15 is 0 Å². The Kier molecular flexibility index (Phi) is 6.74. The first kappa shape index (κ1) is 14.9. The van der Waals surface area contributed by atoms with Gasteiger partial charge in [0.05, 0.1) is 7.11 Å². The Balaban J connectivity index is 4.29. The normalized spacial score (nSPS) is 14.3. The highest BCUT2D eigenvalue weighted by Crippen LogP contribution is 2.05. The van der Waals surface area contributed by atoms with Crippen LogP contribution >= 0.6 is 0 Å². The number of carboxylic acid groups (broad SMARTS) is 1. The molecule has 1 amide bonds. The van der Waals surface area contributed by atoms with E-state index in [1.165, 1.54) is 7.11 Å². The molecule has 0 aliphatic heterocycles. The van der Waals surface area contributed by atoms with Crippen molar-refractivity contribution in [2.45, 2.75) is 26.1 Å². The Hall–Kier alpha value is -1.08. The van der Waals surface area contributed by atoms with Gasteiger partial charge in [0.25, 0.3) is 0 Å². The van der Waals surface area contributed by atoms with Crippen molar-refractivity contribution in [2.24, 2.45) is 5.92 Å². The Morgan fingerprint density at radius 3 is 2.38 bits per heavy atom. The van der Waals surface area contributed by atoms with E-state index in [1.807, 2.05) is 13.1 Å². The number of aliphatic carboxylic acids is 1. The Labute approximate surface area is 96.7 Å². The third-order valence-electron chi connectivity index (χ3n) is 1.99. The molecule has 0 saturated carbocycles. The second kappa shape index (κ2) is 7.23. The van der Waals surface area contributed by atoms with E-state index in [4.69, 9.17) is 9.53 Å². The van der Waals surface area contributed by atoms with E-state index in [9.17, 15) is 9.59 Å². The molecule has 0 bridgehead atoms. The minimum absolute atomic E-state index is 0.300. The Bertz CT molecular complexity index is 246. The molecule has 7 heteroatoms. The van der Waals surface area contributed by atoms with Crippen molar-refractivity contribution in [3.05, 3.63) is 0 Å². The number of carbonyl (C=O) groups is 2. The van der Waals surface area contributed by atoms with Crippen LogP contribution < -0.4 is 5.32 Å². The number of nitrogens with one attached hydrogen (secondary N) is 1. The maximum Gasteiger partial charge on any atom is 0.407 e. The smallest absolute Gasteiger partial charge is 0.407 e. The van der Waals surface area contributed by atoms with E-state index in [-0.39, 0.29) is 5.92 Å². The zero-order valence-corrected chi connectivity index (χ0v) is 11.2. The van der Waals surface area contributed by atoms with E-state index in [0.29, 0.717) is 6.61 Å². The fourth-order valence-corrected chi connectivity index (χ4v) is 1.76. The largest absolute Gasteiger partial charge is 0.480 e. The first-order chi connectivity index (χ1) is 7.38. The SMILES string of the molecule is COC(=O)NC(C(=O)O)C(C)CO[SiH](C)C. The van der Waals surface area contributed by atoms with Gasteiger partial charge in [-0.3, -0.25) is 0 Å². The molecule has 2 unspecified atom stereocenters. The van der Waals surface area contributed by atoms with Crippen molar-refractivity contribution in [3.63, 3.8) is 0 Å². The predicted molar refractivity (Wildman–Crippen MR) is 61.0 cm³/mol. The van der Waals surface area contributed by atoms with Crippen molar-refractivity contribution in [2.75, 3.05) is 13.7 Å². The van der Waals surface area contributed by atoms with Gasteiger partial charge in [-0.15, -0.1) is 0 Å². The summed E-state index contributed by atoms with van der Waals surface area (Å²) in [6, 6.07) is -0.986. The molecule has 2 N–H and O–H groups in total. The highest BCUT2D eigenvalue weighted by atomic mass is 28.3. The fourth-order valence-electron chi connectivity index (χ4n) is 1.07. The quantitative estimate of drug-likeness (QED) is 0.667. The van der Waals surface area contributed by atoms with Crippen molar-refractivity contribution in [3.8, 4) is 0 Å². The third-order valence-corrected chi connectivity index (χ3v) is 2.85. The number of carboxylic acids is 1. The summed E-state index contributed by atoms with van der Waals surface area (Å²) in [5.41, 5.74) is 0. The van der Waals surface area contributed by atoms with E-state index < -0.39 is 27.1 Å². The van der Waals surface area contributed by atoms with Crippen molar-refractivity contribution in [1.82, 2.24) is 5.32 Å². The van der Waals surface area contributed by atoms with Gasteiger partial charge in [0.15, 0.2) is 9.04 Å². The lowest BCUT2D eigenvalue weighted by atomic mass is 10.0. The molecule has 0 radical (unpaired) electrons. The predicted octanol–water partition coefficient (Wildman–Crippen LogP) is 0.432. The maximum atomic E-state index is 10.9. The second-order valence-electron chi connectivity index (χ2n) is 3.81. The van der Waals surface area contributed by atoms with Crippen LogP contribution in [0, 0.1) is 5.92 Å². The summed E-state index contributed by atoms with van der Waals surface area (Å²) in [5, 5.41) is 11.2. The number of carbonyl (C=O) groups excluding carboxylic acids is 1. The van der Waals surface area contributed by atoms with Gasteiger partial charge in [0, 0.05) is 12.5 Å². The number of rotatable bonds is 6. The van der Waals surface area contributed by atoms with Crippen LogP contribution in [0.25, 0.3) is 0 Å². The van der Waals surface area contributed by atoms with E-state index in [0.717, 1.165) is 0 Å². The van der Waals surface area contributed by atoms with Crippen molar-refractivity contribution in [1.29, 1.82) is 0 Å². The molecule has 0 heterocycles. The standard InChI is InChI=1S/C9H19NO5Si/c1-6(5-15-16(3)4)7(8(11)12)10-9(13)14-2/h6-7,16H,5H2,1-4H3,(H,10,13)(H,11,12). The molecule has 94 valence electrons. The molecule has 0 aromatic rings. The van der Waals surface area contributed by atoms with Crippen LogP contribution in [0.3, 0.4) is 0 Å². The lowest BCUT2D eigenvalue weighted by Gasteiger charge is -2.21. The lowest BCUT2D eigenvalue weighted by molar-refractivity contribution is -0.141. The summed E-state index contributed by atoms with van der Waals surface area (Å²) in [4.78, 5) is 21.9. The summed E-state index contributed by atoms with van der Waals surface area (Å²) in [7, 11) is 0.0119. The number of hydrogen-bond donors (Lipinski definition) is 2. The summed E-state index contributed by atoms with van der Waals surface area (Å²) in [5.74, 6) is -1.39. The molecule has 2 atom stereocenters. The van der Waals surface area contributed by atoms with Crippen molar-refractivity contribution < 1.29 is 23.9 Å². The summed E-state index contributed by atoms with van der Waals surface area (Å²) < 4.78 is 9.79. The van der Waals surface area contributed by atoms with Gasteiger partial charge < -0.3 is 19.6 Å². The zero-order valence-electron chi connectivity index (χ0n) is 10.0. The van der Waals surface area contributed by atoms with Crippen LogP contribution in [-0.4, -0.2) is 46.0 Å². The average molecular weight is 249 g/mol. The molecule has 6 nitrogen and oxygen atoms in total. The molecule has 0 aromatic carbocycles. The maximum absolute atomic E-state index is 10.9. The first-order valence-electron chi connectivity index (χ1n) is 5.07. The number of methoxy groups -OCH3 is 1. The molecule has 0 aliphatic rings. The molecule has 0 spiro atoms. The molecule has 0 rings (SSSR count). The summed E-state index contributed by atoms with van der Waals surface area (Å²) >= 11 is 0. The van der Waals surface area contributed by atoms with E-state index in [1.54, 1.807) is 6.92 Å². The number of amides is 1. The zero-order chi connectivity index (χ0) is 12.7. The first-order valence-corrected chi connectivity index (χ1v) is 7.85. The van der Waals surface area contributed by atoms with Crippen LogP contribution in [-0.2, 0) is 14.0 Å². The number of hydrogen-bond acceptors (Lipinski definition) is 4. The van der Waals surface area contributed by atoms with Crippen LogP contribution in [0.4, 0.5) is 4.79 Å². The monoisotopic (exact) mass is 249 g/mol. The van der Waals surface area contributed by atoms with Gasteiger partial charge in [-0.25, -0.2) is 9.59 Å². The highest BCUT2D eigenvalue weighted by Gasteiger charge is 2.27.